The standard InChI is InChI=1S/C11H10BrNO/c12-10-2-1-9-6-11(14,7-13)4-3-8(9)5-10/h1-2,5,14H,3-4,6H2. The summed E-state index contributed by atoms with van der Waals surface area (Å²) in [6.07, 6.45) is 1.76. The van der Waals surface area contributed by atoms with Crippen molar-refractivity contribution in [2.75, 3.05) is 0 Å². The van der Waals surface area contributed by atoms with Gasteiger partial charge in [0, 0.05) is 10.9 Å². The van der Waals surface area contributed by atoms with E-state index in [2.05, 4.69) is 22.0 Å². The van der Waals surface area contributed by atoms with Crippen molar-refractivity contribution >= 4 is 15.9 Å². The van der Waals surface area contributed by atoms with Crippen molar-refractivity contribution in [2.24, 2.45) is 0 Å². The van der Waals surface area contributed by atoms with Crippen molar-refractivity contribution < 1.29 is 5.11 Å². The predicted octanol–water partition coefficient (Wildman–Crippen LogP) is 2.19. The summed E-state index contributed by atoms with van der Waals surface area (Å²) in [7, 11) is 0. The Bertz CT molecular complexity index is 410. The van der Waals surface area contributed by atoms with Crippen LogP contribution in [0.4, 0.5) is 0 Å². The highest BCUT2D eigenvalue weighted by molar-refractivity contribution is 9.10. The maximum atomic E-state index is 9.82. The normalized spacial score (nSPS) is 25.2. The zero-order valence-corrected chi connectivity index (χ0v) is 9.21. The lowest BCUT2D eigenvalue weighted by atomic mass is 9.81. The number of rotatable bonds is 0. The molecule has 0 bridgehead atoms. The van der Waals surface area contributed by atoms with E-state index in [0.29, 0.717) is 12.8 Å². The number of fused-ring (bicyclic) bond motifs is 1. The highest BCUT2D eigenvalue weighted by atomic mass is 79.9. The molecule has 1 aromatic rings. The molecular formula is C11H10BrNO. The third kappa shape index (κ3) is 1.68. The van der Waals surface area contributed by atoms with Crippen LogP contribution in [0, 0.1) is 11.3 Å². The predicted molar refractivity (Wildman–Crippen MR) is 56.7 cm³/mol. The molecule has 3 heteroatoms. The molecule has 0 saturated heterocycles. The molecule has 1 aromatic carbocycles. The van der Waals surface area contributed by atoms with Crippen LogP contribution in [0.2, 0.25) is 0 Å². The minimum absolute atomic E-state index is 0.451. The summed E-state index contributed by atoms with van der Waals surface area (Å²) in [5, 5.41) is 18.6. The summed E-state index contributed by atoms with van der Waals surface area (Å²) in [5.74, 6) is 0. The maximum absolute atomic E-state index is 9.82. The highest BCUT2D eigenvalue weighted by Crippen LogP contribution is 2.29. The Morgan fingerprint density at radius 2 is 2.21 bits per heavy atom. The first-order valence-electron chi connectivity index (χ1n) is 4.54. The number of hydrogen-bond acceptors (Lipinski definition) is 2. The molecule has 0 spiro atoms. The van der Waals surface area contributed by atoms with Gasteiger partial charge < -0.3 is 5.11 Å². The molecule has 0 radical (unpaired) electrons. The van der Waals surface area contributed by atoms with E-state index >= 15 is 0 Å². The summed E-state index contributed by atoms with van der Waals surface area (Å²) < 4.78 is 1.05. The summed E-state index contributed by atoms with van der Waals surface area (Å²) in [4.78, 5) is 0. The molecule has 1 atom stereocenters. The lowest BCUT2D eigenvalue weighted by Gasteiger charge is -2.27. The lowest BCUT2D eigenvalue weighted by molar-refractivity contribution is 0.0840. The average Bonchev–Trinajstić information content (AvgIpc) is 2.19. The Balaban J connectivity index is 2.37. The van der Waals surface area contributed by atoms with Crippen molar-refractivity contribution in [3.8, 4) is 6.07 Å². The first kappa shape index (κ1) is 9.70. The van der Waals surface area contributed by atoms with Crippen LogP contribution in [0.3, 0.4) is 0 Å². The molecule has 1 aliphatic carbocycles. The molecule has 0 fully saturated rings. The van der Waals surface area contributed by atoms with Gasteiger partial charge in [0.25, 0.3) is 0 Å². The molecule has 0 amide bonds. The van der Waals surface area contributed by atoms with E-state index in [9.17, 15) is 5.11 Å². The second kappa shape index (κ2) is 3.38. The second-order valence-corrected chi connectivity index (χ2v) is 4.65. The van der Waals surface area contributed by atoms with Crippen LogP contribution in [-0.2, 0) is 12.8 Å². The van der Waals surface area contributed by atoms with E-state index in [-0.39, 0.29) is 0 Å². The zero-order chi connectivity index (χ0) is 10.2. The van der Waals surface area contributed by atoms with Crippen LogP contribution in [-0.4, -0.2) is 10.7 Å². The molecule has 0 saturated carbocycles. The SMILES string of the molecule is N#CC1(O)CCc2cc(Br)ccc2C1. The van der Waals surface area contributed by atoms with Crippen LogP contribution >= 0.6 is 15.9 Å². The molecule has 0 heterocycles. The van der Waals surface area contributed by atoms with E-state index in [4.69, 9.17) is 5.26 Å². The highest BCUT2D eigenvalue weighted by Gasteiger charge is 2.31. The maximum Gasteiger partial charge on any atom is 0.155 e. The fourth-order valence-corrected chi connectivity index (χ4v) is 2.25. The van der Waals surface area contributed by atoms with Gasteiger partial charge in [-0.05, 0) is 36.1 Å². The monoisotopic (exact) mass is 251 g/mol. The Labute approximate surface area is 91.3 Å². The largest absolute Gasteiger partial charge is 0.375 e. The van der Waals surface area contributed by atoms with E-state index in [1.807, 2.05) is 18.2 Å². The third-order valence-electron chi connectivity index (χ3n) is 2.67. The van der Waals surface area contributed by atoms with Crippen LogP contribution in [0.25, 0.3) is 0 Å². The van der Waals surface area contributed by atoms with Gasteiger partial charge in [-0.3, -0.25) is 0 Å². The molecule has 0 aliphatic heterocycles. The number of hydrogen-bond donors (Lipinski definition) is 1. The summed E-state index contributed by atoms with van der Waals surface area (Å²) >= 11 is 3.41. The third-order valence-corrected chi connectivity index (χ3v) is 3.16. The van der Waals surface area contributed by atoms with E-state index in [1.165, 1.54) is 5.56 Å². The first-order valence-corrected chi connectivity index (χ1v) is 5.33. The van der Waals surface area contributed by atoms with E-state index in [1.54, 1.807) is 0 Å². The van der Waals surface area contributed by atoms with Gasteiger partial charge >= 0.3 is 0 Å². The molecule has 1 unspecified atom stereocenters. The van der Waals surface area contributed by atoms with Gasteiger partial charge in [-0.25, -0.2) is 0 Å². The van der Waals surface area contributed by atoms with Crippen LogP contribution in [0.15, 0.2) is 22.7 Å². The first-order chi connectivity index (χ1) is 6.63. The number of aryl methyl sites for hydroxylation is 1. The smallest absolute Gasteiger partial charge is 0.155 e. The number of aliphatic hydroxyl groups is 1. The number of nitriles is 1. The Hall–Kier alpha value is -0.850. The van der Waals surface area contributed by atoms with Crippen LogP contribution in [0.5, 0.6) is 0 Å². The van der Waals surface area contributed by atoms with Gasteiger partial charge in [0.2, 0.25) is 0 Å². The summed E-state index contributed by atoms with van der Waals surface area (Å²) in [5.41, 5.74) is 1.17. The topological polar surface area (TPSA) is 44.0 Å². The average molecular weight is 252 g/mol. The zero-order valence-electron chi connectivity index (χ0n) is 7.63. The number of nitrogens with zero attached hydrogens (tertiary/aromatic N) is 1. The summed E-state index contributed by atoms with van der Waals surface area (Å²) in [6.45, 7) is 0. The van der Waals surface area contributed by atoms with Crippen molar-refractivity contribution in [2.45, 2.75) is 24.9 Å². The summed E-state index contributed by atoms with van der Waals surface area (Å²) in [6, 6.07) is 7.96. The van der Waals surface area contributed by atoms with Crippen molar-refractivity contribution in [3.63, 3.8) is 0 Å². The molecule has 0 aromatic heterocycles. The van der Waals surface area contributed by atoms with E-state index < -0.39 is 5.60 Å². The van der Waals surface area contributed by atoms with Gasteiger partial charge in [-0.15, -0.1) is 0 Å². The van der Waals surface area contributed by atoms with Gasteiger partial charge in [0.05, 0.1) is 6.07 Å². The molecule has 1 N–H and O–H groups in total. The van der Waals surface area contributed by atoms with Gasteiger partial charge in [-0.1, -0.05) is 22.0 Å². The van der Waals surface area contributed by atoms with Crippen molar-refractivity contribution in [1.29, 1.82) is 5.26 Å². The quantitative estimate of drug-likeness (QED) is 0.719. The molecule has 2 rings (SSSR count). The number of benzene rings is 1. The van der Waals surface area contributed by atoms with Crippen LogP contribution < -0.4 is 0 Å². The van der Waals surface area contributed by atoms with E-state index in [0.717, 1.165) is 16.5 Å². The minimum Gasteiger partial charge on any atom is -0.375 e. The molecule has 2 nitrogen and oxygen atoms in total. The minimum atomic E-state index is -1.15. The van der Waals surface area contributed by atoms with Crippen molar-refractivity contribution in [3.05, 3.63) is 33.8 Å². The van der Waals surface area contributed by atoms with Gasteiger partial charge in [0.1, 0.15) is 0 Å². The molecular weight excluding hydrogens is 242 g/mol. The second-order valence-electron chi connectivity index (χ2n) is 3.73. The van der Waals surface area contributed by atoms with Crippen LogP contribution in [0.1, 0.15) is 17.5 Å². The Morgan fingerprint density at radius 3 is 2.93 bits per heavy atom. The molecule has 1 aliphatic rings. The lowest BCUT2D eigenvalue weighted by Crippen LogP contribution is -2.33. The Kier molecular flexibility index (Phi) is 2.34. The molecule has 14 heavy (non-hydrogen) atoms. The fraction of sp³-hybridized carbons (Fsp3) is 0.364. The fourth-order valence-electron chi connectivity index (χ4n) is 1.84. The van der Waals surface area contributed by atoms with Gasteiger partial charge in [0.15, 0.2) is 5.60 Å². The molecule has 72 valence electrons. The van der Waals surface area contributed by atoms with Crippen molar-refractivity contribution in [1.82, 2.24) is 0 Å². The Morgan fingerprint density at radius 1 is 1.43 bits per heavy atom. The number of halogens is 1. The van der Waals surface area contributed by atoms with Gasteiger partial charge in [-0.2, -0.15) is 5.26 Å².